The number of nitrogens with zero attached hydrogens (tertiary/aromatic N) is 1. The molecule has 0 unspecified atom stereocenters. The van der Waals surface area contributed by atoms with Crippen molar-refractivity contribution in [2.45, 2.75) is 117 Å². The second kappa shape index (κ2) is 19.0. The number of unbranched alkanes of at least 4 members (excludes halogenated alkanes) is 12. The zero-order valence-electron chi connectivity index (χ0n) is 16.2. The smallest absolute Gasteiger partial charge is 0.00187 e. The van der Waals surface area contributed by atoms with Gasteiger partial charge in [0.25, 0.3) is 0 Å². The zero-order valence-corrected chi connectivity index (χ0v) is 16.2. The Kier molecular flexibility index (Phi) is 19.0. The van der Waals surface area contributed by atoms with Crippen LogP contribution in [0.4, 0.5) is 0 Å². The van der Waals surface area contributed by atoms with Crippen LogP contribution in [0.3, 0.4) is 0 Å². The highest BCUT2D eigenvalue weighted by molar-refractivity contribution is 4.59. The van der Waals surface area contributed by atoms with E-state index >= 15 is 0 Å². The third kappa shape index (κ3) is 16.3. The van der Waals surface area contributed by atoms with Gasteiger partial charge in [-0.3, -0.25) is 0 Å². The van der Waals surface area contributed by atoms with E-state index in [0.717, 1.165) is 0 Å². The van der Waals surface area contributed by atoms with Gasteiger partial charge in [-0.15, -0.1) is 0 Å². The third-order valence-electron chi connectivity index (χ3n) is 4.73. The summed E-state index contributed by atoms with van der Waals surface area (Å²) in [5.74, 6) is 0. The Morgan fingerprint density at radius 1 is 0.364 bits per heavy atom. The number of hydrogen-bond donors (Lipinski definition) is 0. The highest BCUT2D eigenvalue weighted by atomic mass is 15.1. The fourth-order valence-electron chi connectivity index (χ4n) is 3.15. The minimum absolute atomic E-state index is 1.34. The summed E-state index contributed by atoms with van der Waals surface area (Å²) in [6.07, 6.45) is 21.3. The molecule has 0 N–H and O–H groups in total. The molecule has 0 saturated heterocycles. The Morgan fingerprint density at radius 3 is 1.05 bits per heavy atom. The highest BCUT2D eigenvalue weighted by Gasteiger charge is 2.04. The Labute approximate surface area is 142 Å². The van der Waals surface area contributed by atoms with E-state index < -0.39 is 0 Å². The average Bonchev–Trinajstić information content (AvgIpc) is 2.53. The van der Waals surface area contributed by atoms with E-state index in [0.29, 0.717) is 0 Å². The molecule has 0 amide bonds. The summed E-state index contributed by atoms with van der Waals surface area (Å²) >= 11 is 0. The molecular formula is C21H45N. The normalized spacial score (nSPS) is 11.5. The predicted molar refractivity (Wildman–Crippen MR) is 103 cm³/mol. The molecule has 0 aromatic rings. The van der Waals surface area contributed by atoms with E-state index in [-0.39, 0.29) is 0 Å². The molecule has 0 aromatic heterocycles. The van der Waals surface area contributed by atoms with E-state index in [4.69, 9.17) is 0 Å². The van der Waals surface area contributed by atoms with Crippen LogP contribution in [0.2, 0.25) is 0 Å². The predicted octanol–water partition coefficient (Wildman–Crippen LogP) is 7.20. The van der Waals surface area contributed by atoms with Gasteiger partial charge in [-0.2, -0.15) is 0 Å². The second-order valence-corrected chi connectivity index (χ2v) is 7.08. The first-order chi connectivity index (χ1) is 10.8. The van der Waals surface area contributed by atoms with Crippen LogP contribution in [0, 0.1) is 0 Å². The maximum Gasteiger partial charge on any atom is -0.00187 e. The summed E-state index contributed by atoms with van der Waals surface area (Å²) in [5.41, 5.74) is 0. The van der Waals surface area contributed by atoms with E-state index in [1.54, 1.807) is 0 Å². The molecule has 0 rings (SSSR count). The molecule has 0 spiro atoms. The molecule has 1 nitrogen and oxygen atoms in total. The fourth-order valence-corrected chi connectivity index (χ4v) is 3.15. The molecule has 0 aliphatic carbocycles. The Morgan fingerprint density at radius 2 is 0.636 bits per heavy atom. The van der Waals surface area contributed by atoms with Crippen molar-refractivity contribution < 1.29 is 0 Å². The first-order valence-corrected chi connectivity index (χ1v) is 10.6. The van der Waals surface area contributed by atoms with Gasteiger partial charge in [0.2, 0.25) is 0 Å². The van der Waals surface area contributed by atoms with Crippen LogP contribution in [-0.4, -0.2) is 24.5 Å². The molecule has 0 fully saturated rings. The largest absolute Gasteiger partial charge is 0.303 e. The Bertz CT molecular complexity index is 180. The van der Waals surface area contributed by atoms with Gasteiger partial charge in [-0.05, 0) is 38.9 Å². The van der Waals surface area contributed by atoms with Crippen molar-refractivity contribution >= 4 is 0 Å². The molecular weight excluding hydrogens is 266 g/mol. The van der Waals surface area contributed by atoms with Crippen LogP contribution in [0.25, 0.3) is 0 Å². The maximum atomic E-state index is 2.74. The van der Waals surface area contributed by atoms with E-state index in [9.17, 15) is 0 Å². The molecule has 0 saturated carbocycles. The summed E-state index contributed by atoms with van der Waals surface area (Å²) in [6.45, 7) is 10.9. The monoisotopic (exact) mass is 311 g/mol. The SMILES string of the molecule is CCCCCCCCCCCN(CCCCC)CCCCC. The Balaban J connectivity index is 3.51. The van der Waals surface area contributed by atoms with E-state index in [2.05, 4.69) is 25.7 Å². The molecule has 1 heteroatoms. The summed E-state index contributed by atoms with van der Waals surface area (Å²) < 4.78 is 0. The van der Waals surface area contributed by atoms with Crippen LogP contribution in [-0.2, 0) is 0 Å². The summed E-state index contributed by atoms with van der Waals surface area (Å²) in [7, 11) is 0. The second-order valence-electron chi connectivity index (χ2n) is 7.08. The zero-order chi connectivity index (χ0) is 16.3. The molecule has 134 valence electrons. The summed E-state index contributed by atoms with van der Waals surface area (Å²) in [6, 6.07) is 0. The molecule has 22 heavy (non-hydrogen) atoms. The molecule has 0 aliphatic rings. The van der Waals surface area contributed by atoms with Gasteiger partial charge in [0.15, 0.2) is 0 Å². The van der Waals surface area contributed by atoms with Crippen molar-refractivity contribution in [3.63, 3.8) is 0 Å². The lowest BCUT2D eigenvalue weighted by Gasteiger charge is -2.22. The van der Waals surface area contributed by atoms with Crippen molar-refractivity contribution in [1.29, 1.82) is 0 Å². The third-order valence-corrected chi connectivity index (χ3v) is 4.73. The van der Waals surface area contributed by atoms with Crippen molar-refractivity contribution in [3.8, 4) is 0 Å². The average molecular weight is 312 g/mol. The fraction of sp³-hybridized carbons (Fsp3) is 1.00. The van der Waals surface area contributed by atoms with Crippen LogP contribution in [0.5, 0.6) is 0 Å². The standard InChI is InChI=1S/C21H45N/c1-4-7-10-11-12-13-14-15-18-21-22(19-16-8-5-2)20-17-9-6-3/h4-21H2,1-3H3. The van der Waals surface area contributed by atoms with Crippen LogP contribution in [0.1, 0.15) is 117 Å². The highest BCUT2D eigenvalue weighted by Crippen LogP contribution is 2.11. The first kappa shape index (κ1) is 22.0. The van der Waals surface area contributed by atoms with Gasteiger partial charge >= 0.3 is 0 Å². The van der Waals surface area contributed by atoms with E-state index in [1.165, 1.54) is 116 Å². The number of rotatable bonds is 18. The van der Waals surface area contributed by atoms with Crippen LogP contribution >= 0.6 is 0 Å². The van der Waals surface area contributed by atoms with E-state index in [1.807, 2.05) is 0 Å². The van der Waals surface area contributed by atoms with Gasteiger partial charge in [0.1, 0.15) is 0 Å². The lowest BCUT2D eigenvalue weighted by atomic mass is 10.1. The van der Waals surface area contributed by atoms with Gasteiger partial charge < -0.3 is 4.90 Å². The van der Waals surface area contributed by atoms with Crippen molar-refractivity contribution in [2.24, 2.45) is 0 Å². The quantitative estimate of drug-likeness (QED) is 0.242. The van der Waals surface area contributed by atoms with Crippen molar-refractivity contribution in [3.05, 3.63) is 0 Å². The lowest BCUT2D eigenvalue weighted by Crippen LogP contribution is -2.27. The lowest BCUT2D eigenvalue weighted by molar-refractivity contribution is 0.255. The first-order valence-electron chi connectivity index (χ1n) is 10.6. The van der Waals surface area contributed by atoms with Crippen LogP contribution < -0.4 is 0 Å². The van der Waals surface area contributed by atoms with Gasteiger partial charge in [0, 0.05) is 0 Å². The number of hydrogen-bond acceptors (Lipinski definition) is 1. The summed E-state index contributed by atoms with van der Waals surface area (Å²) in [5, 5.41) is 0. The molecule has 0 heterocycles. The molecule has 0 bridgehead atoms. The van der Waals surface area contributed by atoms with Crippen molar-refractivity contribution in [2.75, 3.05) is 19.6 Å². The van der Waals surface area contributed by atoms with Gasteiger partial charge in [-0.1, -0.05) is 97.8 Å². The van der Waals surface area contributed by atoms with Gasteiger partial charge in [0.05, 0.1) is 0 Å². The molecule has 0 atom stereocenters. The molecule has 0 radical (unpaired) electrons. The summed E-state index contributed by atoms with van der Waals surface area (Å²) in [4.78, 5) is 2.74. The van der Waals surface area contributed by atoms with Crippen LogP contribution in [0.15, 0.2) is 0 Å². The Hall–Kier alpha value is -0.0400. The molecule has 0 aliphatic heterocycles. The van der Waals surface area contributed by atoms with Gasteiger partial charge in [-0.25, -0.2) is 0 Å². The minimum Gasteiger partial charge on any atom is -0.303 e. The van der Waals surface area contributed by atoms with Crippen molar-refractivity contribution in [1.82, 2.24) is 4.90 Å². The molecule has 0 aromatic carbocycles. The maximum absolute atomic E-state index is 2.74. The topological polar surface area (TPSA) is 3.24 Å². The minimum atomic E-state index is 1.34.